The zero-order valence-electron chi connectivity index (χ0n) is 20.2. The van der Waals surface area contributed by atoms with Crippen molar-refractivity contribution in [3.63, 3.8) is 0 Å². The first-order valence-corrected chi connectivity index (χ1v) is 13.9. The molecule has 0 heterocycles. The zero-order chi connectivity index (χ0) is 25.8. The molecular weight excluding hydrogens is 530 g/mol. The highest BCUT2D eigenvalue weighted by Gasteiger charge is 2.30. The highest BCUT2D eigenvalue weighted by atomic mass is 79.9. The normalized spacial score (nSPS) is 12.4. The molecule has 3 aromatic carbocycles. The van der Waals surface area contributed by atoms with Crippen LogP contribution in [-0.2, 0) is 26.2 Å². The number of halogens is 1. The van der Waals surface area contributed by atoms with E-state index < -0.39 is 28.5 Å². The molecule has 0 saturated heterocycles. The maximum atomic E-state index is 13.6. The summed E-state index contributed by atoms with van der Waals surface area (Å²) < 4.78 is 27.7. The van der Waals surface area contributed by atoms with E-state index in [0.717, 1.165) is 31.4 Å². The Morgan fingerprint density at radius 1 is 0.943 bits per heavy atom. The van der Waals surface area contributed by atoms with Crippen LogP contribution >= 0.6 is 15.9 Å². The molecule has 2 amide bonds. The highest BCUT2D eigenvalue weighted by Crippen LogP contribution is 2.28. The lowest BCUT2D eigenvalue weighted by molar-refractivity contribution is -0.139. The van der Waals surface area contributed by atoms with Crippen molar-refractivity contribution >= 4 is 54.2 Å². The molecule has 1 unspecified atom stereocenters. The minimum Gasteiger partial charge on any atom is -0.352 e. The van der Waals surface area contributed by atoms with Gasteiger partial charge in [0.2, 0.25) is 21.8 Å². The van der Waals surface area contributed by atoms with Gasteiger partial charge in [0.1, 0.15) is 12.6 Å². The molecule has 0 aliphatic heterocycles. The molecular formula is C26H30BrN3O4S. The van der Waals surface area contributed by atoms with Crippen LogP contribution in [0.25, 0.3) is 10.8 Å². The Hall–Kier alpha value is -2.91. The third-order valence-electron chi connectivity index (χ3n) is 5.58. The van der Waals surface area contributed by atoms with Gasteiger partial charge in [0.15, 0.2) is 0 Å². The van der Waals surface area contributed by atoms with Crippen LogP contribution in [0.3, 0.4) is 0 Å². The Bertz CT molecular complexity index is 1300. The van der Waals surface area contributed by atoms with Crippen molar-refractivity contribution in [1.29, 1.82) is 0 Å². The number of carbonyl (C=O) groups is 2. The smallest absolute Gasteiger partial charge is 0.244 e. The van der Waals surface area contributed by atoms with Gasteiger partial charge in [-0.3, -0.25) is 13.9 Å². The number of amides is 2. The number of rotatable bonds is 9. The number of sulfonamides is 1. The maximum absolute atomic E-state index is 13.6. The molecule has 186 valence electrons. The summed E-state index contributed by atoms with van der Waals surface area (Å²) in [6.07, 6.45) is 1.08. The Morgan fingerprint density at radius 2 is 1.57 bits per heavy atom. The van der Waals surface area contributed by atoms with Gasteiger partial charge in [0, 0.05) is 22.4 Å². The van der Waals surface area contributed by atoms with E-state index in [1.54, 1.807) is 19.1 Å². The number of hydrogen-bond donors (Lipinski definition) is 1. The molecule has 9 heteroatoms. The molecule has 3 rings (SSSR count). The summed E-state index contributed by atoms with van der Waals surface area (Å²) in [7, 11) is -3.80. The van der Waals surface area contributed by atoms with Crippen LogP contribution in [0, 0.1) is 0 Å². The van der Waals surface area contributed by atoms with Gasteiger partial charge in [0.25, 0.3) is 0 Å². The number of nitrogens with one attached hydrogen (secondary N) is 1. The molecule has 3 aromatic rings. The van der Waals surface area contributed by atoms with Gasteiger partial charge in [-0.25, -0.2) is 8.42 Å². The van der Waals surface area contributed by atoms with Crippen LogP contribution in [-0.4, -0.2) is 50.0 Å². The van der Waals surface area contributed by atoms with Gasteiger partial charge in [-0.1, -0.05) is 64.5 Å². The van der Waals surface area contributed by atoms with Crippen molar-refractivity contribution < 1.29 is 18.0 Å². The molecule has 1 N–H and O–H groups in total. The van der Waals surface area contributed by atoms with Gasteiger partial charge in [-0.15, -0.1) is 0 Å². The first kappa shape index (κ1) is 26.7. The molecule has 0 aliphatic rings. The minimum atomic E-state index is -3.80. The quantitative estimate of drug-likeness (QED) is 0.423. The molecule has 0 fully saturated rings. The topological polar surface area (TPSA) is 86.8 Å². The average Bonchev–Trinajstić information content (AvgIpc) is 2.80. The molecule has 0 bridgehead atoms. The molecule has 0 spiro atoms. The summed E-state index contributed by atoms with van der Waals surface area (Å²) in [6, 6.07) is 19.3. The van der Waals surface area contributed by atoms with E-state index in [1.165, 1.54) is 4.90 Å². The molecule has 0 saturated carbocycles. The van der Waals surface area contributed by atoms with Crippen molar-refractivity contribution in [2.24, 2.45) is 0 Å². The van der Waals surface area contributed by atoms with E-state index in [4.69, 9.17) is 0 Å². The lowest BCUT2D eigenvalue weighted by Gasteiger charge is -2.32. The number of fused-ring (bicyclic) bond motifs is 1. The fourth-order valence-electron chi connectivity index (χ4n) is 3.79. The van der Waals surface area contributed by atoms with Crippen LogP contribution in [0.2, 0.25) is 0 Å². The highest BCUT2D eigenvalue weighted by molar-refractivity contribution is 9.10. The van der Waals surface area contributed by atoms with Gasteiger partial charge in [0.05, 0.1) is 11.9 Å². The molecule has 0 radical (unpaired) electrons. The van der Waals surface area contributed by atoms with E-state index in [-0.39, 0.29) is 18.5 Å². The summed E-state index contributed by atoms with van der Waals surface area (Å²) >= 11 is 3.40. The summed E-state index contributed by atoms with van der Waals surface area (Å²) in [4.78, 5) is 27.9. The molecule has 0 aliphatic carbocycles. The number of carbonyl (C=O) groups excluding carboxylic acids is 2. The van der Waals surface area contributed by atoms with Crippen molar-refractivity contribution in [2.45, 2.75) is 39.4 Å². The largest absolute Gasteiger partial charge is 0.352 e. The summed E-state index contributed by atoms with van der Waals surface area (Å²) in [6.45, 7) is 5.07. The van der Waals surface area contributed by atoms with Gasteiger partial charge < -0.3 is 10.2 Å². The van der Waals surface area contributed by atoms with E-state index in [9.17, 15) is 18.0 Å². The Kier molecular flexibility index (Phi) is 8.56. The van der Waals surface area contributed by atoms with Crippen molar-refractivity contribution in [2.75, 3.05) is 17.1 Å². The lowest BCUT2D eigenvalue weighted by Crippen LogP contribution is -2.52. The second kappa shape index (κ2) is 11.2. The van der Waals surface area contributed by atoms with E-state index in [1.807, 2.05) is 68.4 Å². The van der Waals surface area contributed by atoms with Gasteiger partial charge in [-0.05, 0) is 49.9 Å². The molecule has 1 atom stereocenters. The Labute approximate surface area is 215 Å². The monoisotopic (exact) mass is 559 g/mol. The number of benzene rings is 3. The van der Waals surface area contributed by atoms with Crippen molar-refractivity contribution in [3.05, 3.63) is 76.8 Å². The van der Waals surface area contributed by atoms with Crippen LogP contribution in [0.15, 0.2) is 71.2 Å². The number of hydrogen-bond acceptors (Lipinski definition) is 4. The standard InChI is InChI=1S/C26H30BrN3O4S/c1-18(2)28-26(32)19(3)29(16-20-12-14-22(27)15-13-20)25(31)17-30(35(4,33)34)24-11-7-9-21-8-5-6-10-23(21)24/h5-15,18-19H,16-17H2,1-4H3,(H,28,32). The molecule has 7 nitrogen and oxygen atoms in total. The first-order chi connectivity index (χ1) is 16.5. The van der Waals surface area contributed by atoms with Crippen LogP contribution in [0.4, 0.5) is 5.69 Å². The first-order valence-electron chi connectivity index (χ1n) is 11.3. The van der Waals surface area contributed by atoms with Crippen molar-refractivity contribution in [3.8, 4) is 0 Å². The number of anilines is 1. The Morgan fingerprint density at radius 3 is 2.20 bits per heavy atom. The zero-order valence-corrected chi connectivity index (χ0v) is 22.6. The van der Waals surface area contributed by atoms with E-state index >= 15 is 0 Å². The predicted octanol–water partition coefficient (Wildman–Crippen LogP) is 4.31. The second-order valence-electron chi connectivity index (χ2n) is 8.76. The van der Waals surface area contributed by atoms with E-state index in [2.05, 4.69) is 21.2 Å². The second-order valence-corrected chi connectivity index (χ2v) is 11.6. The van der Waals surface area contributed by atoms with Gasteiger partial charge in [-0.2, -0.15) is 0 Å². The third kappa shape index (κ3) is 6.82. The predicted molar refractivity (Wildman–Crippen MR) is 144 cm³/mol. The molecule has 0 aromatic heterocycles. The minimum absolute atomic E-state index is 0.0993. The SMILES string of the molecule is CC(C)NC(=O)C(C)N(Cc1ccc(Br)cc1)C(=O)CN(c1cccc2ccccc12)S(C)(=O)=O. The van der Waals surface area contributed by atoms with Crippen LogP contribution in [0.1, 0.15) is 26.3 Å². The van der Waals surface area contributed by atoms with Gasteiger partial charge >= 0.3 is 0 Å². The fourth-order valence-corrected chi connectivity index (χ4v) is 4.92. The molecule has 35 heavy (non-hydrogen) atoms. The summed E-state index contributed by atoms with van der Waals surface area (Å²) in [5.41, 5.74) is 1.24. The van der Waals surface area contributed by atoms with Crippen LogP contribution in [0.5, 0.6) is 0 Å². The van der Waals surface area contributed by atoms with Crippen LogP contribution < -0.4 is 9.62 Å². The Balaban J connectivity index is 1.99. The van der Waals surface area contributed by atoms with Crippen molar-refractivity contribution in [1.82, 2.24) is 10.2 Å². The summed E-state index contributed by atoms with van der Waals surface area (Å²) in [5.74, 6) is -0.779. The third-order valence-corrected chi connectivity index (χ3v) is 7.23. The van der Waals surface area contributed by atoms with E-state index in [0.29, 0.717) is 5.69 Å². The average molecular weight is 561 g/mol. The number of nitrogens with zero attached hydrogens (tertiary/aromatic N) is 2. The maximum Gasteiger partial charge on any atom is 0.244 e. The lowest BCUT2D eigenvalue weighted by atomic mass is 10.1. The summed E-state index contributed by atoms with van der Waals surface area (Å²) in [5, 5.41) is 4.42. The fraction of sp³-hybridized carbons (Fsp3) is 0.308.